The number of aryl methyl sites for hydroxylation is 1. The molecule has 6 rings (SSSR count). The Morgan fingerprint density at radius 3 is 1.95 bits per heavy atom. The highest BCUT2D eigenvalue weighted by molar-refractivity contribution is 6.14. The number of nitrogens with zero attached hydrogens (tertiary/aromatic N) is 3. The van der Waals surface area contributed by atoms with Crippen LogP contribution >= 0.6 is 0 Å². The highest BCUT2D eigenvalue weighted by Gasteiger charge is 2.15. The van der Waals surface area contributed by atoms with Crippen LogP contribution in [-0.2, 0) is 0 Å². The molecule has 0 radical (unpaired) electrons. The van der Waals surface area contributed by atoms with Crippen molar-refractivity contribution in [1.29, 1.82) is 5.26 Å². The topological polar surface area (TPSA) is 48.5 Å². The third-order valence-electron chi connectivity index (χ3n) is 7.12. The molecule has 3 heteroatoms. The Bertz CT molecular complexity index is 1940. The highest BCUT2D eigenvalue weighted by Crippen LogP contribution is 2.38. The van der Waals surface area contributed by atoms with Crippen LogP contribution < -0.4 is 0 Å². The molecule has 184 valence electrons. The summed E-state index contributed by atoms with van der Waals surface area (Å²) in [6.07, 6.45) is 0. The van der Waals surface area contributed by atoms with Gasteiger partial charge in [0.25, 0.3) is 0 Å². The van der Waals surface area contributed by atoms with Crippen LogP contribution in [0.1, 0.15) is 16.7 Å². The molecule has 0 saturated carbocycles. The zero-order valence-corrected chi connectivity index (χ0v) is 21.6. The molecule has 0 spiro atoms. The van der Waals surface area contributed by atoms with Crippen LogP contribution in [0.25, 0.3) is 43.8 Å². The lowest BCUT2D eigenvalue weighted by Gasteiger charge is -2.16. The number of nitriles is 1. The molecule has 3 nitrogen and oxygen atoms in total. The van der Waals surface area contributed by atoms with Crippen LogP contribution in [0.2, 0.25) is 0 Å². The van der Waals surface area contributed by atoms with E-state index in [-0.39, 0.29) is 0 Å². The Labute approximate surface area is 228 Å². The first kappa shape index (κ1) is 24.0. The molecule has 6 aromatic rings. The predicted molar refractivity (Wildman–Crippen MR) is 164 cm³/mol. The van der Waals surface area contributed by atoms with Crippen molar-refractivity contribution < 1.29 is 0 Å². The van der Waals surface area contributed by atoms with Crippen LogP contribution in [0.5, 0.6) is 0 Å². The molecule has 39 heavy (non-hydrogen) atoms. The van der Waals surface area contributed by atoms with Crippen molar-refractivity contribution >= 4 is 39.8 Å². The van der Waals surface area contributed by atoms with Gasteiger partial charge in [-0.05, 0) is 105 Å². The minimum Gasteiger partial charge on any atom is -0.245 e. The van der Waals surface area contributed by atoms with Crippen molar-refractivity contribution in [3.63, 3.8) is 0 Å². The Morgan fingerprint density at radius 2 is 1.28 bits per heavy atom. The molecule has 0 N–H and O–H groups in total. The summed E-state index contributed by atoms with van der Waals surface area (Å²) in [6, 6.07) is 43.6. The van der Waals surface area contributed by atoms with Gasteiger partial charge in [-0.1, -0.05) is 78.9 Å². The fourth-order valence-corrected chi connectivity index (χ4v) is 5.08. The van der Waals surface area contributed by atoms with Crippen molar-refractivity contribution in [1.82, 2.24) is 0 Å². The van der Waals surface area contributed by atoms with E-state index in [9.17, 15) is 5.26 Å². The SMILES string of the molecule is C=N/C(=N\c1ccccc1C)c1cc(-c2cc3ccccc3cc2-c2ccc(C#N)cc2)cc2ccccc12. The molecule has 6 aromatic carbocycles. The Morgan fingerprint density at radius 1 is 0.667 bits per heavy atom. The van der Waals surface area contributed by atoms with Gasteiger partial charge in [-0.3, -0.25) is 0 Å². The van der Waals surface area contributed by atoms with Gasteiger partial charge in [-0.2, -0.15) is 5.26 Å². The summed E-state index contributed by atoms with van der Waals surface area (Å²) in [5.41, 5.74) is 7.85. The zero-order chi connectivity index (χ0) is 26.8. The monoisotopic (exact) mass is 499 g/mol. The van der Waals surface area contributed by atoms with Crippen LogP contribution in [0, 0.1) is 18.3 Å². The summed E-state index contributed by atoms with van der Waals surface area (Å²) < 4.78 is 0. The maximum absolute atomic E-state index is 9.33. The molecule has 0 unspecified atom stereocenters. The molecule has 0 heterocycles. The van der Waals surface area contributed by atoms with Crippen molar-refractivity contribution in [2.75, 3.05) is 0 Å². The normalized spacial score (nSPS) is 11.4. The zero-order valence-electron chi connectivity index (χ0n) is 21.6. The van der Waals surface area contributed by atoms with Crippen molar-refractivity contribution in [2.24, 2.45) is 9.98 Å². The predicted octanol–water partition coefficient (Wildman–Crippen LogP) is 9.29. The molecule has 0 saturated heterocycles. The van der Waals surface area contributed by atoms with Gasteiger partial charge in [0, 0.05) is 5.56 Å². The number of hydrogen-bond acceptors (Lipinski definition) is 2. The molecule has 0 atom stereocenters. The maximum atomic E-state index is 9.33. The lowest BCUT2D eigenvalue weighted by Crippen LogP contribution is -1.99. The van der Waals surface area contributed by atoms with Gasteiger partial charge in [0.15, 0.2) is 5.84 Å². The van der Waals surface area contributed by atoms with E-state index in [1.165, 1.54) is 0 Å². The second-order valence-electron chi connectivity index (χ2n) is 9.56. The van der Waals surface area contributed by atoms with E-state index >= 15 is 0 Å². The van der Waals surface area contributed by atoms with Crippen molar-refractivity contribution in [3.05, 3.63) is 138 Å². The second kappa shape index (κ2) is 10.2. The van der Waals surface area contributed by atoms with Gasteiger partial charge < -0.3 is 0 Å². The summed E-state index contributed by atoms with van der Waals surface area (Å²) in [5, 5.41) is 13.8. The number of aliphatic imine (C=N–C) groups is 2. The first-order valence-electron chi connectivity index (χ1n) is 12.8. The molecule has 0 bridgehead atoms. The Kier molecular flexibility index (Phi) is 6.29. The molecule has 0 aliphatic carbocycles. The van der Waals surface area contributed by atoms with Gasteiger partial charge in [0.2, 0.25) is 0 Å². The van der Waals surface area contributed by atoms with Gasteiger partial charge in [-0.15, -0.1) is 0 Å². The quantitative estimate of drug-likeness (QED) is 0.176. The van der Waals surface area contributed by atoms with E-state index < -0.39 is 0 Å². The highest BCUT2D eigenvalue weighted by atomic mass is 14.9. The number of benzene rings is 6. The molecular formula is C36H25N3. The summed E-state index contributed by atoms with van der Waals surface area (Å²) in [6.45, 7) is 5.94. The standard InChI is InChI=1S/C36H25N3/c1-24-9-3-8-14-35(24)39-36(38-2)34-22-30(19-29-12-6-7-13-31(29)34)33-21-28-11-5-4-10-27(28)20-32(33)26-17-15-25(23-37)16-18-26/h3-22H,2H2,1H3/b39-36-. The number of amidine groups is 1. The first-order chi connectivity index (χ1) is 19.1. The number of hydrogen-bond donors (Lipinski definition) is 0. The van der Waals surface area contributed by atoms with Gasteiger partial charge in [-0.25, -0.2) is 9.98 Å². The first-order valence-corrected chi connectivity index (χ1v) is 12.8. The maximum Gasteiger partial charge on any atom is 0.159 e. The van der Waals surface area contributed by atoms with Crippen LogP contribution in [0.4, 0.5) is 5.69 Å². The average Bonchev–Trinajstić information content (AvgIpc) is 2.99. The van der Waals surface area contributed by atoms with E-state index in [0.29, 0.717) is 11.4 Å². The van der Waals surface area contributed by atoms with E-state index in [0.717, 1.165) is 60.6 Å². The van der Waals surface area contributed by atoms with E-state index in [1.807, 2.05) is 61.5 Å². The van der Waals surface area contributed by atoms with E-state index in [2.05, 4.69) is 84.5 Å². The summed E-state index contributed by atoms with van der Waals surface area (Å²) in [7, 11) is 0. The smallest absolute Gasteiger partial charge is 0.159 e. The van der Waals surface area contributed by atoms with E-state index in [1.54, 1.807) is 0 Å². The Hall–Kier alpha value is -5.33. The van der Waals surface area contributed by atoms with Crippen LogP contribution in [-0.4, -0.2) is 12.6 Å². The average molecular weight is 500 g/mol. The molecule has 0 fully saturated rings. The molecule has 0 aliphatic rings. The fourth-order valence-electron chi connectivity index (χ4n) is 5.08. The van der Waals surface area contributed by atoms with Crippen molar-refractivity contribution in [3.8, 4) is 28.3 Å². The fraction of sp³-hybridized carbons (Fsp3) is 0.0278. The molecule has 0 aromatic heterocycles. The van der Waals surface area contributed by atoms with Gasteiger partial charge in [0.05, 0.1) is 17.3 Å². The minimum absolute atomic E-state index is 0.586. The molecule has 0 amide bonds. The van der Waals surface area contributed by atoms with Crippen molar-refractivity contribution in [2.45, 2.75) is 6.92 Å². The van der Waals surface area contributed by atoms with Gasteiger partial charge >= 0.3 is 0 Å². The molecular weight excluding hydrogens is 474 g/mol. The number of fused-ring (bicyclic) bond motifs is 2. The lowest BCUT2D eigenvalue weighted by molar-refractivity contribution is 1.38. The third-order valence-corrected chi connectivity index (χ3v) is 7.12. The summed E-state index contributed by atoms with van der Waals surface area (Å²) in [4.78, 5) is 9.34. The third kappa shape index (κ3) is 4.61. The van der Waals surface area contributed by atoms with Crippen LogP contribution in [0.15, 0.2) is 131 Å². The number of rotatable bonds is 4. The van der Waals surface area contributed by atoms with Crippen LogP contribution in [0.3, 0.4) is 0 Å². The van der Waals surface area contributed by atoms with Gasteiger partial charge in [0.1, 0.15) is 0 Å². The second-order valence-corrected chi connectivity index (χ2v) is 9.56. The van der Waals surface area contributed by atoms with E-state index in [4.69, 9.17) is 4.99 Å². The number of para-hydroxylation sites is 1. The summed E-state index contributed by atoms with van der Waals surface area (Å²) >= 11 is 0. The largest absolute Gasteiger partial charge is 0.245 e. The summed E-state index contributed by atoms with van der Waals surface area (Å²) in [5.74, 6) is 0.586. The Balaban J connectivity index is 1.63. The molecule has 0 aliphatic heterocycles. The minimum atomic E-state index is 0.586. The lowest BCUT2D eigenvalue weighted by atomic mass is 9.89.